The van der Waals surface area contributed by atoms with Crippen molar-refractivity contribution in [1.82, 2.24) is 9.78 Å². The quantitative estimate of drug-likeness (QED) is 0.447. The van der Waals surface area contributed by atoms with Gasteiger partial charge in [0, 0.05) is 17.7 Å². The van der Waals surface area contributed by atoms with Crippen LogP contribution in [0.3, 0.4) is 0 Å². The second-order valence-corrected chi connectivity index (χ2v) is 10.3. The standard InChI is InChI=1S/C27H26F3N3O2/c28-19-6-7-22(23(11-19)35-26(29)30)31-25(34)21-15-33(20-4-2-1-3-5-20)32-24(21)27-12-16-8-17(13-27)10-18(9-16)14-27/h1-7,11,15-18,26H,8-10,12-14H2,(H,31,34). The van der Waals surface area contributed by atoms with Crippen molar-refractivity contribution in [3.05, 3.63) is 71.8 Å². The molecule has 0 saturated heterocycles. The molecule has 1 N–H and O–H groups in total. The molecule has 182 valence electrons. The first-order valence-electron chi connectivity index (χ1n) is 12.1. The lowest BCUT2D eigenvalue weighted by molar-refractivity contribution is -0.0495. The molecule has 1 aromatic heterocycles. The van der Waals surface area contributed by atoms with E-state index in [2.05, 4.69) is 10.1 Å². The first kappa shape index (κ1) is 22.2. The third kappa shape index (κ3) is 4.09. The molecular weight excluding hydrogens is 455 g/mol. The first-order valence-corrected chi connectivity index (χ1v) is 12.1. The minimum Gasteiger partial charge on any atom is -0.432 e. The van der Waals surface area contributed by atoms with Crippen molar-refractivity contribution in [2.24, 2.45) is 17.8 Å². The van der Waals surface area contributed by atoms with Crippen LogP contribution in [0, 0.1) is 23.6 Å². The van der Waals surface area contributed by atoms with Crippen LogP contribution < -0.4 is 10.1 Å². The summed E-state index contributed by atoms with van der Waals surface area (Å²) in [5, 5.41) is 7.64. The number of rotatable bonds is 6. The number of alkyl halides is 2. The Hall–Kier alpha value is -3.29. The molecule has 4 aliphatic carbocycles. The van der Waals surface area contributed by atoms with Crippen molar-refractivity contribution >= 4 is 11.6 Å². The Bertz CT molecular complexity index is 1220. The fourth-order valence-corrected chi connectivity index (χ4v) is 7.03. The molecule has 0 atom stereocenters. The highest BCUT2D eigenvalue weighted by molar-refractivity contribution is 6.06. The van der Waals surface area contributed by atoms with Crippen LogP contribution in [0.25, 0.3) is 5.69 Å². The van der Waals surface area contributed by atoms with Gasteiger partial charge in [-0.1, -0.05) is 18.2 Å². The number of nitrogens with zero attached hydrogens (tertiary/aromatic N) is 2. The monoisotopic (exact) mass is 481 g/mol. The maximum atomic E-state index is 13.7. The lowest BCUT2D eigenvalue weighted by Gasteiger charge is -2.56. The van der Waals surface area contributed by atoms with Crippen LogP contribution in [0.4, 0.5) is 18.9 Å². The van der Waals surface area contributed by atoms with Crippen molar-refractivity contribution in [3.8, 4) is 11.4 Å². The number of ether oxygens (including phenoxy) is 1. The highest BCUT2D eigenvalue weighted by Gasteiger charge is 2.54. The van der Waals surface area contributed by atoms with Gasteiger partial charge in [-0.15, -0.1) is 0 Å². The number of aromatic nitrogens is 2. The van der Waals surface area contributed by atoms with E-state index in [0.717, 1.165) is 42.8 Å². The molecule has 1 amide bonds. The smallest absolute Gasteiger partial charge is 0.387 e. The van der Waals surface area contributed by atoms with E-state index in [9.17, 15) is 18.0 Å². The molecule has 2 aromatic carbocycles. The molecule has 5 nitrogen and oxygen atoms in total. The SMILES string of the molecule is O=C(Nc1ccc(F)cc1OC(F)F)c1cn(-c2ccccc2)nc1C12CC3CC(CC(C3)C1)C2. The molecule has 0 aliphatic heterocycles. The van der Waals surface area contributed by atoms with Crippen LogP contribution in [0.5, 0.6) is 5.75 Å². The number of halogens is 3. The third-order valence-electron chi connectivity index (χ3n) is 7.93. The Balaban J connectivity index is 1.40. The van der Waals surface area contributed by atoms with E-state index in [1.54, 1.807) is 10.9 Å². The average molecular weight is 482 g/mol. The highest BCUT2D eigenvalue weighted by atomic mass is 19.3. The molecule has 4 aliphatic rings. The molecule has 1 heterocycles. The summed E-state index contributed by atoms with van der Waals surface area (Å²) in [5.74, 6) is 0.347. The van der Waals surface area contributed by atoms with E-state index >= 15 is 0 Å². The molecule has 8 heteroatoms. The number of hydrogen-bond acceptors (Lipinski definition) is 3. The van der Waals surface area contributed by atoms with E-state index < -0.39 is 24.1 Å². The zero-order valence-corrected chi connectivity index (χ0v) is 19.1. The van der Waals surface area contributed by atoms with Crippen LogP contribution >= 0.6 is 0 Å². The van der Waals surface area contributed by atoms with Crippen LogP contribution in [-0.2, 0) is 5.41 Å². The van der Waals surface area contributed by atoms with Gasteiger partial charge in [0.25, 0.3) is 5.91 Å². The molecule has 4 saturated carbocycles. The van der Waals surface area contributed by atoms with Gasteiger partial charge in [0.1, 0.15) is 5.82 Å². The van der Waals surface area contributed by atoms with E-state index in [0.29, 0.717) is 23.3 Å². The predicted molar refractivity (Wildman–Crippen MR) is 124 cm³/mol. The summed E-state index contributed by atoms with van der Waals surface area (Å²) in [7, 11) is 0. The first-order chi connectivity index (χ1) is 16.9. The van der Waals surface area contributed by atoms with Crippen molar-refractivity contribution in [3.63, 3.8) is 0 Å². The zero-order valence-electron chi connectivity index (χ0n) is 19.1. The average Bonchev–Trinajstić information content (AvgIpc) is 3.27. The molecule has 4 fully saturated rings. The number of hydrogen-bond donors (Lipinski definition) is 1. The number of nitrogens with one attached hydrogen (secondary N) is 1. The van der Waals surface area contributed by atoms with Crippen molar-refractivity contribution in [2.45, 2.75) is 50.6 Å². The second-order valence-electron chi connectivity index (χ2n) is 10.3. The van der Waals surface area contributed by atoms with Gasteiger partial charge in [-0.05, 0) is 80.5 Å². The number of benzene rings is 2. The molecule has 3 aromatic rings. The van der Waals surface area contributed by atoms with Crippen LogP contribution in [0.1, 0.15) is 54.6 Å². The lowest BCUT2D eigenvalue weighted by atomic mass is 9.48. The number of carbonyl (C=O) groups is 1. The summed E-state index contributed by atoms with van der Waals surface area (Å²) in [6.45, 7) is -3.14. The Morgan fingerprint density at radius 1 is 1.03 bits per heavy atom. The summed E-state index contributed by atoms with van der Waals surface area (Å²) >= 11 is 0. The molecule has 0 radical (unpaired) electrons. The predicted octanol–water partition coefficient (Wildman–Crippen LogP) is 6.33. The van der Waals surface area contributed by atoms with Crippen molar-refractivity contribution < 1.29 is 22.7 Å². The lowest BCUT2D eigenvalue weighted by Crippen LogP contribution is -2.49. The largest absolute Gasteiger partial charge is 0.432 e. The molecule has 7 rings (SSSR count). The molecular formula is C27H26F3N3O2. The molecule has 4 bridgehead atoms. The zero-order chi connectivity index (χ0) is 24.2. The fraction of sp³-hybridized carbons (Fsp3) is 0.407. The minimum atomic E-state index is -3.14. The van der Waals surface area contributed by atoms with Gasteiger partial charge in [0.15, 0.2) is 5.75 Å². The summed E-state index contributed by atoms with van der Waals surface area (Å²) in [6, 6.07) is 12.8. The van der Waals surface area contributed by atoms with Gasteiger partial charge < -0.3 is 10.1 Å². The van der Waals surface area contributed by atoms with Gasteiger partial charge in [0.05, 0.1) is 22.6 Å². The number of anilines is 1. The maximum absolute atomic E-state index is 13.7. The van der Waals surface area contributed by atoms with Crippen molar-refractivity contribution in [1.29, 1.82) is 0 Å². The van der Waals surface area contributed by atoms with Crippen LogP contribution in [-0.4, -0.2) is 22.3 Å². The Kier molecular flexibility index (Phi) is 5.34. The third-order valence-corrected chi connectivity index (χ3v) is 7.93. The molecule has 0 unspecified atom stereocenters. The Morgan fingerprint density at radius 2 is 1.69 bits per heavy atom. The number of amides is 1. The Morgan fingerprint density at radius 3 is 2.31 bits per heavy atom. The molecule has 35 heavy (non-hydrogen) atoms. The molecule has 0 spiro atoms. The minimum absolute atomic E-state index is 0.0133. The summed E-state index contributed by atoms with van der Waals surface area (Å²) in [6.07, 6.45) is 8.53. The topological polar surface area (TPSA) is 56.1 Å². The van der Waals surface area contributed by atoms with Gasteiger partial charge in [-0.25, -0.2) is 9.07 Å². The van der Waals surface area contributed by atoms with Gasteiger partial charge in [-0.3, -0.25) is 4.79 Å². The van der Waals surface area contributed by atoms with E-state index in [1.807, 2.05) is 30.3 Å². The van der Waals surface area contributed by atoms with Gasteiger partial charge >= 0.3 is 6.61 Å². The van der Waals surface area contributed by atoms with Crippen LogP contribution in [0.2, 0.25) is 0 Å². The van der Waals surface area contributed by atoms with E-state index in [4.69, 9.17) is 5.10 Å². The number of para-hydroxylation sites is 1. The van der Waals surface area contributed by atoms with Crippen LogP contribution in [0.15, 0.2) is 54.7 Å². The highest BCUT2D eigenvalue weighted by Crippen LogP contribution is 2.61. The number of carbonyl (C=O) groups excluding carboxylic acids is 1. The normalized spacial score (nSPS) is 26.8. The summed E-state index contributed by atoms with van der Waals surface area (Å²) in [5.41, 5.74) is 1.85. The Labute approximate surface area is 201 Å². The summed E-state index contributed by atoms with van der Waals surface area (Å²) < 4.78 is 45.7. The van der Waals surface area contributed by atoms with E-state index in [-0.39, 0.29) is 11.1 Å². The fourth-order valence-electron chi connectivity index (χ4n) is 7.03. The summed E-state index contributed by atoms with van der Waals surface area (Å²) in [4.78, 5) is 13.6. The second kappa shape index (κ2) is 8.43. The maximum Gasteiger partial charge on any atom is 0.387 e. The van der Waals surface area contributed by atoms with Gasteiger partial charge in [0.2, 0.25) is 0 Å². The van der Waals surface area contributed by atoms with E-state index in [1.165, 1.54) is 25.3 Å². The van der Waals surface area contributed by atoms with Gasteiger partial charge in [-0.2, -0.15) is 13.9 Å². The van der Waals surface area contributed by atoms with Crippen molar-refractivity contribution in [2.75, 3.05) is 5.32 Å².